The van der Waals surface area contributed by atoms with Gasteiger partial charge in [0.05, 0.1) is 11.0 Å². The molecule has 0 unspecified atom stereocenters. The Hall–Kier alpha value is -2.10. The number of hydrogen-bond acceptors (Lipinski definition) is 2. The molecule has 0 radical (unpaired) electrons. The maximum Gasteiger partial charge on any atom is 0.157 e. The normalized spacial score (nSPS) is 11.4. The van der Waals surface area contributed by atoms with Gasteiger partial charge in [-0.3, -0.25) is 0 Å². The average Bonchev–Trinajstić information content (AvgIpc) is 2.87. The summed E-state index contributed by atoms with van der Waals surface area (Å²) < 4.78 is 2.18. The molecular weight excluding hydrogens is 329 g/mol. The van der Waals surface area contributed by atoms with E-state index in [1.807, 2.05) is 49.4 Å². The number of para-hydroxylation sites is 1. The van der Waals surface area contributed by atoms with Crippen molar-refractivity contribution in [2.45, 2.75) is 13.5 Å². The van der Waals surface area contributed by atoms with Crippen molar-refractivity contribution < 1.29 is 0 Å². The molecule has 0 amide bonds. The predicted octanol–water partition coefficient (Wildman–Crippen LogP) is 5.25. The van der Waals surface area contributed by atoms with E-state index in [0.29, 0.717) is 11.7 Å². The van der Waals surface area contributed by atoms with Gasteiger partial charge in [0.15, 0.2) is 5.15 Å². The summed E-state index contributed by atoms with van der Waals surface area (Å²) in [5.74, 6) is 0.912. The van der Waals surface area contributed by atoms with E-state index in [-0.39, 0.29) is 0 Å². The fraction of sp³-hybridized carbons (Fsp3) is 0.111. The van der Waals surface area contributed by atoms with Crippen LogP contribution in [0.2, 0.25) is 10.2 Å². The van der Waals surface area contributed by atoms with Crippen LogP contribution in [0, 0.1) is 6.92 Å². The quantitative estimate of drug-likeness (QED) is 0.466. The number of benzene rings is 2. The molecule has 2 aromatic carbocycles. The Morgan fingerprint density at radius 1 is 0.957 bits per heavy atom. The van der Waals surface area contributed by atoms with Gasteiger partial charge in [0.25, 0.3) is 0 Å². The lowest BCUT2D eigenvalue weighted by molar-refractivity contribution is 0.788. The number of rotatable bonds is 2. The molecule has 4 rings (SSSR count). The summed E-state index contributed by atoms with van der Waals surface area (Å²) in [6.07, 6.45) is 0. The standard InChI is InChI=1S/C18H13Cl2N3/c1-11-21-16-17(14-4-2-3-5-15(14)22-18(16)20)23(11)10-12-6-8-13(19)9-7-12/h2-9H,10H2,1H3. The van der Waals surface area contributed by atoms with E-state index < -0.39 is 0 Å². The maximum absolute atomic E-state index is 6.34. The van der Waals surface area contributed by atoms with Crippen LogP contribution >= 0.6 is 23.2 Å². The van der Waals surface area contributed by atoms with Gasteiger partial charge in [-0.2, -0.15) is 0 Å². The SMILES string of the molecule is Cc1nc2c(Cl)nc3ccccc3c2n1Cc1ccc(Cl)cc1. The minimum atomic E-state index is 0.441. The van der Waals surface area contributed by atoms with Gasteiger partial charge >= 0.3 is 0 Å². The molecule has 0 atom stereocenters. The number of pyridine rings is 1. The number of nitrogens with zero attached hydrogens (tertiary/aromatic N) is 3. The molecule has 114 valence electrons. The topological polar surface area (TPSA) is 30.7 Å². The van der Waals surface area contributed by atoms with E-state index >= 15 is 0 Å². The van der Waals surface area contributed by atoms with Crippen molar-refractivity contribution in [1.29, 1.82) is 0 Å². The number of halogens is 2. The van der Waals surface area contributed by atoms with Crippen molar-refractivity contribution in [3.63, 3.8) is 0 Å². The zero-order valence-electron chi connectivity index (χ0n) is 12.4. The molecule has 2 heterocycles. The van der Waals surface area contributed by atoms with Gasteiger partial charge in [-0.15, -0.1) is 0 Å². The van der Waals surface area contributed by atoms with Gasteiger partial charge in [0.2, 0.25) is 0 Å². The van der Waals surface area contributed by atoms with E-state index in [4.69, 9.17) is 23.2 Å². The number of imidazole rings is 1. The zero-order valence-corrected chi connectivity index (χ0v) is 13.9. The molecule has 0 N–H and O–H groups in total. The number of aryl methyl sites for hydroxylation is 1. The number of hydrogen-bond donors (Lipinski definition) is 0. The molecule has 0 saturated carbocycles. The molecule has 5 heteroatoms. The first-order valence-electron chi connectivity index (χ1n) is 7.29. The summed E-state index contributed by atoms with van der Waals surface area (Å²) >= 11 is 12.3. The smallest absolute Gasteiger partial charge is 0.157 e. The van der Waals surface area contributed by atoms with Gasteiger partial charge < -0.3 is 4.57 Å². The predicted molar refractivity (Wildman–Crippen MR) is 95.3 cm³/mol. The van der Waals surface area contributed by atoms with Crippen LogP contribution in [0.1, 0.15) is 11.4 Å². The summed E-state index contributed by atoms with van der Waals surface area (Å²) in [4.78, 5) is 9.07. The summed E-state index contributed by atoms with van der Waals surface area (Å²) in [6, 6.07) is 15.8. The van der Waals surface area contributed by atoms with E-state index in [1.54, 1.807) is 0 Å². The Bertz CT molecular complexity index is 1020. The fourth-order valence-electron chi connectivity index (χ4n) is 2.88. The summed E-state index contributed by atoms with van der Waals surface area (Å²) in [5.41, 5.74) is 3.81. The second-order valence-corrected chi connectivity index (χ2v) is 6.28. The second kappa shape index (κ2) is 5.52. The third-order valence-electron chi connectivity index (χ3n) is 3.99. The van der Waals surface area contributed by atoms with Crippen LogP contribution in [0.25, 0.3) is 21.9 Å². The molecule has 3 nitrogen and oxygen atoms in total. The Balaban J connectivity index is 1.98. The first kappa shape index (κ1) is 14.5. The molecule has 0 saturated heterocycles. The highest BCUT2D eigenvalue weighted by atomic mass is 35.5. The lowest BCUT2D eigenvalue weighted by Gasteiger charge is -2.09. The molecular formula is C18H13Cl2N3. The highest BCUT2D eigenvalue weighted by Crippen LogP contribution is 2.30. The summed E-state index contributed by atoms with van der Waals surface area (Å²) in [7, 11) is 0. The molecule has 0 aliphatic rings. The van der Waals surface area contributed by atoms with Crippen molar-refractivity contribution >= 4 is 45.1 Å². The minimum Gasteiger partial charge on any atom is -0.323 e. The molecule has 4 aromatic rings. The van der Waals surface area contributed by atoms with E-state index in [1.165, 1.54) is 0 Å². The largest absolute Gasteiger partial charge is 0.323 e. The van der Waals surface area contributed by atoms with E-state index in [0.717, 1.165) is 38.3 Å². The molecule has 0 bridgehead atoms. The van der Waals surface area contributed by atoms with Crippen molar-refractivity contribution in [3.8, 4) is 0 Å². The molecule has 23 heavy (non-hydrogen) atoms. The van der Waals surface area contributed by atoms with Gasteiger partial charge in [-0.25, -0.2) is 9.97 Å². The Labute approximate surface area is 143 Å². The van der Waals surface area contributed by atoms with Crippen LogP contribution in [0.5, 0.6) is 0 Å². The Morgan fingerprint density at radius 3 is 2.48 bits per heavy atom. The Morgan fingerprint density at radius 2 is 1.70 bits per heavy atom. The zero-order chi connectivity index (χ0) is 16.0. The molecule has 0 aliphatic heterocycles. The minimum absolute atomic E-state index is 0.441. The summed E-state index contributed by atoms with van der Waals surface area (Å²) in [5, 5.41) is 2.23. The second-order valence-electron chi connectivity index (χ2n) is 5.49. The van der Waals surface area contributed by atoms with Gasteiger partial charge in [0, 0.05) is 17.0 Å². The highest BCUT2D eigenvalue weighted by Gasteiger charge is 2.15. The van der Waals surface area contributed by atoms with E-state index in [9.17, 15) is 0 Å². The fourth-order valence-corrected chi connectivity index (χ4v) is 3.23. The van der Waals surface area contributed by atoms with Crippen molar-refractivity contribution in [2.75, 3.05) is 0 Å². The van der Waals surface area contributed by atoms with Crippen molar-refractivity contribution in [1.82, 2.24) is 14.5 Å². The highest BCUT2D eigenvalue weighted by molar-refractivity contribution is 6.35. The average molecular weight is 342 g/mol. The summed E-state index contributed by atoms with van der Waals surface area (Å²) in [6.45, 7) is 2.70. The van der Waals surface area contributed by atoms with Crippen LogP contribution in [0.15, 0.2) is 48.5 Å². The lowest BCUT2D eigenvalue weighted by Crippen LogP contribution is -2.02. The molecule has 2 aromatic heterocycles. The third kappa shape index (κ3) is 2.46. The van der Waals surface area contributed by atoms with Crippen LogP contribution in [0.3, 0.4) is 0 Å². The van der Waals surface area contributed by atoms with Crippen LogP contribution in [-0.2, 0) is 6.54 Å². The van der Waals surface area contributed by atoms with Crippen molar-refractivity contribution in [2.24, 2.45) is 0 Å². The molecule has 0 spiro atoms. The first-order valence-corrected chi connectivity index (χ1v) is 8.04. The van der Waals surface area contributed by atoms with Gasteiger partial charge in [0.1, 0.15) is 11.3 Å². The van der Waals surface area contributed by atoms with Crippen LogP contribution < -0.4 is 0 Å². The van der Waals surface area contributed by atoms with Crippen molar-refractivity contribution in [3.05, 3.63) is 70.1 Å². The van der Waals surface area contributed by atoms with Gasteiger partial charge in [-0.1, -0.05) is 53.5 Å². The Kier molecular flexibility index (Phi) is 3.47. The lowest BCUT2D eigenvalue weighted by atomic mass is 10.2. The van der Waals surface area contributed by atoms with Crippen LogP contribution in [0.4, 0.5) is 0 Å². The number of aromatic nitrogens is 3. The monoisotopic (exact) mass is 341 g/mol. The number of fused-ring (bicyclic) bond motifs is 3. The first-order chi connectivity index (χ1) is 11.1. The van der Waals surface area contributed by atoms with Crippen LogP contribution in [-0.4, -0.2) is 14.5 Å². The maximum atomic E-state index is 6.34. The molecule has 0 aliphatic carbocycles. The molecule has 0 fully saturated rings. The van der Waals surface area contributed by atoms with E-state index in [2.05, 4.69) is 20.6 Å². The third-order valence-corrected chi connectivity index (χ3v) is 4.50. The van der Waals surface area contributed by atoms with Gasteiger partial charge in [-0.05, 0) is 30.7 Å².